The Morgan fingerprint density at radius 3 is 2.95 bits per heavy atom. The molecule has 1 N–H and O–H groups in total. The van der Waals surface area contributed by atoms with Crippen LogP contribution in [-0.4, -0.2) is 34.7 Å². The molecule has 0 aliphatic carbocycles. The number of aliphatic hydroxyl groups is 1. The zero-order valence-electron chi connectivity index (χ0n) is 11.2. The van der Waals surface area contributed by atoms with Crippen LogP contribution in [0.4, 0.5) is 0 Å². The van der Waals surface area contributed by atoms with E-state index in [1.807, 2.05) is 0 Å². The van der Waals surface area contributed by atoms with Crippen LogP contribution in [0.5, 0.6) is 5.75 Å². The molecule has 1 aromatic carbocycles. The number of benzene rings is 1. The molecule has 2 aliphatic rings. The first-order chi connectivity index (χ1) is 9.61. The molecule has 0 saturated carbocycles. The van der Waals surface area contributed by atoms with Crippen LogP contribution < -0.4 is 4.74 Å². The standard InChI is InChI=1S/C15H16N2O3/c1-9-15(19)14(17-6-2-3-13(17)18)11-7-10(8-16)4-5-12(11)20-9/h4-5,7,9,14-15,19H,2-3,6H2,1H3/t9-,14-,15-/m0/s1. The summed E-state index contributed by atoms with van der Waals surface area (Å²) in [7, 11) is 0. The second kappa shape index (κ2) is 4.80. The lowest BCUT2D eigenvalue weighted by atomic mass is 9.92. The second-order valence-electron chi connectivity index (χ2n) is 5.31. The Morgan fingerprint density at radius 1 is 1.50 bits per heavy atom. The molecule has 1 amide bonds. The summed E-state index contributed by atoms with van der Waals surface area (Å²) in [5, 5.41) is 19.5. The Labute approximate surface area is 117 Å². The van der Waals surface area contributed by atoms with Gasteiger partial charge >= 0.3 is 0 Å². The Bertz CT molecular complexity index is 593. The number of aliphatic hydroxyl groups excluding tert-OH is 1. The molecule has 0 spiro atoms. The van der Waals surface area contributed by atoms with Crippen molar-refractivity contribution in [3.05, 3.63) is 29.3 Å². The lowest BCUT2D eigenvalue weighted by Gasteiger charge is -2.40. The molecule has 3 rings (SSSR count). The molecule has 5 nitrogen and oxygen atoms in total. The summed E-state index contributed by atoms with van der Waals surface area (Å²) in [5.41, 5.74) is 1.23. The predicted molar refractivity (Wildman–Crippen MR) is 70.9 cm³/mol. The number of amides is 1. The smallest absolute Gasteiger partial charge is 0.223 e. The van der Waals surface area contributed by atoms with E-state index in [1.54, 1.807) is 30.0 Å². The first-order valence-electron chi connectivity index (χ1n) is 6.80. The van der Waals surface area contributed by atoms with E-state index < -0.39 is 12.1 Å². The van der Waals surface area contributed by atoms with Crippen molar-refractivity contribution in [1.29, 1.82) is 5.26 Å². The fraction of sp³-hybridized carbons (Fsp3) is 0.467. The van der Waals surface area contributed by atoms with Crippen LogP contribution in [0.2, 0.25) is 0 Å². The Morgan fingerprint density at radius 2 is 2.30 bits per heavy atom. The van der Waals surface area contributed by atoms with Crippen LogP contribution >= 0.6 is 0 Å². The highest BCUT2D eigenvalue weighted by atomic mass is 16.5. The molecule has 2 heterocycles. The Balaban J connectivity index is 2.08. The van der Waals surface area contributed by atoms with E-state index in [0.29, 0.717) is 24.3 Å². The Hall–Kier alpha value is -2.06. The van der Waals surface area contributed by atoms with Crippen LogP contribution in [0.15, 0.2) is 18.2 Å². The number of nitriles is 1. The maximum Gasteiger partial charge on any atom is 0.223 e. The van der Waals surface area contributed by atoms with E-state index in [9.17, 15) is 9.90 Å². The van der Waals surface area contributed by atoms with Crippen molar-refractivity contribution in [3.63, 3.8) is 0 Å². The van der Waals surface area contributed by atoms with E-state index in [1.165, 1.54) is 0 Å². The van der Waals surface area contributed by atoms with Crippen molar-refractivity contribution < 1.29 is 14.6 Å². The third kappa shape index (κ3) is 1.93. The quantitative estimate of drug-likeness (QED) is 0.837. The molecule has 1 saturated heterocycles. The van der Waals surface area contributed by atoms with Gasteiger partial charge in [-0.25, -0.2) is 0 Å². The molecule has 5 heteroatoms. The van der Waals surface area contributed by atoms with Gasteiger partial charge in [0.2, 0.25) is 5.91 Å². The van der Waals surface area contributed by atoms with Gasteiger partial charge in [-0.05, 0) is 31.5 Å². The summed E-state index contributed by atoms with van der Waals surface area (Å²) in [6.45, 7) is 2.43. The number of hydrogen-bond acceptors (Lipinski definition) is 4. The van der Waals surface area contributed by atoms with Gasteiger partial charge in [0.25, 0.3) is 0 Å². The maximum atomic E-state index is 12.0. The van der Waals surface area contributed by atoms with Gasteiger partial charge < -0.3 is 14.7 Å². The summed E-state index contributed by atoms with van der Waals surface area (Å²) in [4.78, 5) is 13.7. The maximum absolute atomic E-state index is 12.0. The molecular weight excluding hydrogens is 256 g/mol. The molecule has 0 radical (unpaired) electrons. The molecule has 104 valence electrons. The normalized spacial score (nSPS) is 28.8. The lowest BCUT2D eigenvalue weighted by Crippen LogP contribution is -2.47. The first kappa shape index (κ1) is 12.9. The highest BCUT2D eigenvalue weighted by molar-refractivity contribution is 5.79. The molecule has 1 aromatic rings. The van der Waals surface area contributed by atoms with Gasteiger partial charge in [0, 0.05) is 18.5 Å². The minimum Gasteiger partial charge on any atom is -0.488 e. The zero-order chi connectivity index (χ0) is 14.3. The summed E-state index contributed by atoms with van der Waals surface area (Å²) in [6.07, 6.45) is 0.170. The molecule has 2 aliphatic heterocycles. The molecule has 20 heavy (non-hydrogen) atoms. The van der Waals surface area contributed by atoms with Gasteiger partial charge in [-0.1, -0.05) is 0 Å². The van der Waals surface area contributed by atoms with Gasteiger partial charge in [-0.2, -0.15) is 5.26 Å². The largest absolute Gasteiger partial charge is 0.488 e. The number of fused-ring (bicyclic) bond motifs is 1. The number of carbonyl (C=O) groups is 1. The average Bonchev–Trinajstić information content (AvgIpc) is 2.86. The van der Waals surface area contributed by atoms with E-state index in [2.05, 4.69) is 6.07 Å². The Kier molecular flexibility index (Phi) is 3.11. The van der Waals surface area contributed by atoms with Crippen molar-refractivity contribution in [2.24, 2.45) is 0 Å². The topological polar surface area (TPSA) is 73.6 Å². The summed E-state index contributed by atoms with van der Waals surface area (Å²) < 4.78 is 5.67. The predicted octanol–water partition coefficient (Wildman–Crippen LogP) is 1.36. The third-order valence-corrected chi connectivity index (χ3v) is 4.02. The molecule has 0 bridgehead atoms. The molecule has 0 unspecified atom stereocenters. The van der Waals surface area contributed by atoms with Gasteiger partial charge in [0.05, 0.1) is 17.7 Å². The fourth-order valence-electron chi connectivity index (χ4n) is 2.98. The van der Waals surface area contributed by atoms with Gasteiger partial charge in [-0.15, -0.1) is 0 Å². The second-order valence-corrected chi connectivity index (χ2v) is 5.31. The van der Waals surface area contributed by atoms with E-state index in [-0.39, 0.29) is 12.0 Å². The van der Waals surface area contributed by atoms with E-state index >= 15 is 0 Å². The zero-order valence-corrected chi connectivity index (χ0v) is 11.2. The van der Waals surface area contributed by atoms with Crippen molar-refractivity contribution in [1.82, 2.24) is 4.90 Å². The van der Waals surface area contributed by atoms with Gasteiger partial charge in [0.1, 0.15) is 18.0 Å². The first-order valence-corrected chi connectivity index (χ1v) is 6.80. The SMILES string of the molecule is C[C@@H]1Oc2ccc(C#N)cc2[C@H](N2CCCC2=O)[C@H]1O. The number of likely N-dealkylation sites (tertiary alicyclic amines) is 1. The van der Waals surface area contributed by atoms with Gasteiger partial charge in [-0.3, -0.25) is 4.79 Å². The summed E-state index contributed by atoms with van der Waals surface area (Å²) >= 11 is 0. The van der Waals surface area contributed by atoms with Gasteiger partial charge in [0.15, 0.2) is 0 Å². The van der Waals surface area contributed by atoms with Crippen molar-refractivity contribution in [2.75, 3.05) is 6.54 Å². The monoisotopic (exact) mass is 272 g/mol. The number of nitrogens with zero attached hydrogens (tertiary/aromatic N) is 2. The minimum absolute atomic E-state index is 0.0523. The van der Waals surface area contributed by atoms with Crippen LogP contribution in [0.3, 0.4) is 0 Å². The molecular formula is C15H16N2O3. The highest BCUT2D eigenvalue weighted by Crippen LogP contribution is 2.40. The van der Waals surface area contributed by atoms with E-state index in [4.69, 9.17) is 10.00 Å². The molecule has 0 aromatic heterocycles. The van der Waals surface area contributed by atoms with Crippen LogP contribution in [0, 0.1) is 11.3 Å². The van der Waals surface area contributed by atoms with E-state index in [0.717, 1.165) is 12.0 Å². The molecule has 1 fully saturated rings. The fourth-order valence-corrected chi connectivity index (χ4v) is 2.98. The van der Waals surface area contributed by atoms with Crippen molar-refractivity contribution in [2.45, 2.75) is 38.0 Å². The molecule has 3 atom stereocenters. The average molecular weight is 272 g/mol. The highest BCUT2D eigenvalue weighted by Gasteiger charge is 2.41. The number of rotatable bonds is 1. The third-order valence-electron chi connectivity index (χ3n) is 4.02. The van der Waals surface area contributed by atoms with Crippen molar-refractivity contribution in [3.8, 4) is 11.8 Å². The number of ether oxygens (including phenoxy) is 1. The summed E-state index contributed by atoms with van der Waals surface area (Å²) in [5.74, 6) is 0.697. The number of carbonyl (C=O) groups excluding carboxylic acids is 1. The van der Waals surface area contributed by atoms with Crippen LogP contribution in [-0.2, 0) is 4.79 Å². The van der Waals surface area contributed by atoms with Crippen LogP contribution in [0.1, 0.15) is 36.9 Å². The minimum atomic E-state index is -0.779. The van der Waals surface area contributed by atoms with Crippen LogP contribution in [0.25, 0.3) is 0 Å². The summed E-state index contributed by atoms with van der Waals surface area (Å²) in [6, 6.07) is 6.80. The lowest BCUT2D eigenvalue weighted by molar-refractivity contribution is -0.135. The van der Waals surface area contributed by atoms with Crippen molar-refractivity contribution >= 4 is 5.91 Å². The number of hydrogen-bond donors (Lipinski definition) is 1.